The lowest BCUT2D eigenvalue weighted by Gasteiger charge is -2.16. The number of aryl methyl sites for hydroxylation is 1. The van der Waals surface area contributed by atoms with Gasteiger partial charge in [-0.2, -0.15) is 5.10 Å². The van der Waals surface area contributed by atoms with Crippen LogP contribution < -0.4 is 9.47 Å². The van der Waals surface area contributed by atoms with Gasteiger partial charge in [-0.05, 0) is 48.0 Å². The SMILES string of the molecule is COc1ccc(OCc2ccc(C(=O)N(C)Cc3ccn(C)n3)cc2)cc1. The summed E-state index contributed by atoms with van der Waals surface area (Å²) in [5, 5.41) is 4.30. The molecular formula is C21H23N3O3. The molecule has 1 aromatic heterocycles. The van der Waals surface area contributed by atoms with Crippen molar-refractivity contribution in [3.8, 4) is 11.5 Å². The highest BCUT2D eigenvalue weighted by molar-refractivity contribution is 5.94. The fraction of sp³-hybridized carbons (Fsp3) is 0.238. The predicted molar refractivity (Wildman–Crippen MR) is 103 cm³/mol. The molecule has 0 radical (unpaired) electrons. The highest BCUT2D eigenvalue weighted by Gasteiger charge is 2.13. The molecule has 1 heterocycles. The van der Waals surface area contributed by atoms with Crippen LogP contribution in [0.4, 0.5) is 0 Å². The van der Waals surface area contributed by atoms with Gasteiger partial charge in [0.1, 0.15) is 18.1 Å². The Morgan fingerprint density at radius 2 is 1.70 bits per heavy atom. The molecular weight excluding hydrogens is 342 g/mol. The summed E-state index contributed by atoms with van der Waals surface area (Å²) in [6.45, 7) is 0.909. The second-order valence-corrected chi connectivity index (χ2v) is 6.30. The zero-order valence-electron chi connectivity index (χ0n) is 15.8. The molecule has 0 unspecified atom stereocenters. The van der Waals surface area contributed by atoms with Crippen LogP contribution in [-0.2, 0) is 20.2 Å². The zero-order valence-corrected chi connectivity index (χ0v) is 15.8. The van der Waals surface area contributed by atoms with Crippen molar-refractivity contribution in [1.82, 2.24) is 14.7 Å². The molecule has 27 heavy (non-hydrogen) atoms. The molecule has 3 aromatic rings. The molecule has 0 atom stereocenters. The molecule has 0 fully saturated rings. The molecule has 0 saturated carbocycles. The van der Waals surface area contributed by atoms with E-state index in [1.165, 1.54) is 0 Å². The van der Waals surface area contributed by atoms with Crippen molar-refractivity contribution in [2.45, 2.75) is 13.2 Å². The maximum Gasteiger partial charge on any atom is 0.253 e. The van der Waals surface area contributed by atoms with Crippen molar-refractivity contribution in [2.75, 3.05) is 14.2 Å². The Hall–Kier alpha value is -3.28. The molecule has 3 rings (SSSR count). The predicted octanol–water partition coefficient (Wildman–Crippen LogP) is 3.28. The topological polar surface area (TPSA) is 56.6 Å². The van der Waals surface area contributed by atoms with Crippen LogP contribution in [-0.4, -0.2) is 34.7 Å². The minimum atomic E-state index is -0.0386. The summed E-state index contributed by atoms with van der Waals surface area (Å²) < 4.78 is 12.6. The molecule has 0 aliphatic rings. The Bertz CT molecular complexity index is 886. The van der Waals surface area contributed by atoms with Gasteiger partial charge in [-0.25, -0.2) is 0 Å². The number of amides is 1. The van der Waals surface area contributed by atoms with Crippen molar-refractivity contribution in [3.05, 3.63) is 77.6 Å². The monoisotopic (exact) mass is 365 g/mol. The number of rotatable bonds is 7. The summed E-state index contributed by atoms with van der Waals surface area (Å²) in [6.07, 6.45) is 1.87. The van der Waals surface area contributed by atoms with E-state index in [9.17, 15) is 4.79 Å². The van der Waals surface area contributed by atoms with E-state index < -0.39 is 0 Å². The fourth-order valence-electron chi connectivity index (χ4n) is 2.66. The third kappa shape index (κ3) is 4.88. The Balaban J connectivity index is 1.56. The first kappa shape index (κ1) is 18.5. The van der Waals surface area contributed by atoms with Crippen LogP contribution in [0.25, 0.3) is 0 Å². The summed E-state index contributed by atoms with van der Waals surface area (Å²) in [6, 6.07) is 16.8. The fourth-order valence-corrected chi connectivity index (χ4v) is 2.66. The van der Waals surface area contributed by atoms with E-state index in [1.54, 1.807) is 23.7 Å². The van der Waals surface area contributed by atoms with E-state index in [4.69, 9.17) is 9.47 Å². The molecule has 0 saturated heterocycles. The number of hydrogen-bond donors (Lipinski definition) is 0. The van der Waals surface area contributed by atoms with E-state index in [-0.39, 0.29) is 5.91 Å². The van der Waals surface area contributed by atoms with Gasteiger partial charge in [-0.1, -0.05) is 12.1 Å². The Labute approximate surface area is 158 Å². The lowest BCUT2D eigenvalue weighted by molar-refractivity contribution is 0.0783. The standard InChI is InChI=1S/C21H23N3O3/c1-23(14-18-12-13-24(2)22-18)21(25)17-6-4-16(5-7-17)15-27-20-10-8-19(26-3)9-11-20/h4-13H,14-15H2,1-3H3. The molecule has 1 amide bonds. The molecule has 0 bridgehead atoms. The van der Waals surface area contributed by atoms with Gasteiger partial charge < -0.3 is 14.4 Å². The average molecular weight is 365 g/mol. The number of methoxy groups -OCH3 is 1. The minimum absolute atomic E-state index is 0.0386. The van der Waals surface area contributed by atoms with E-state index in [2.05, 4.69) is 5.10 Å². The molecule has 0 spiro atoms. The maximum atomic E-state index is 12.6. The highest BCUT2D eigenvalue weighted by atomic mass is 16.5. The van der Waals surface area contributed by atoms with Gasteiger partial charge in [0, 0.05) is 25.9 Å². The number of carbonyl (C=O) groups excluding carboxylic acids is 1. The lowest BCUT2D eigenvalue weighted by atomic mass is 10.1. The van der Waals surface area contributed by atoms with Crippen molar-refractivity contribution >= 4 is 5.91 Å². The number of carbonyl (C=O) groups is 1. The van der Waals surface area contributed by atoms with Crippen LogP contribution in [0.3, 0.4) is 0 Å². The second-order valence-electron chi connectivity index (χ2n) is 6.30. The first-order chi connectivity index (χ1) is 13.0. The van der Waals surface area contributed by atoms with Crippen LogP contribution in [0.1, 0.15) is 21.6 Å². The summed E-state index contributed by atoms with van der Waals surface area (Å²) in [5.74, 6) is 1.52. The normalized spacial score (nSPS) is 10.5. The zero-order chi connectivity index (χ0) is 19.2. The average Bonchev–Trinajstić information content (AvgIpc) is 3.11. The van der Waals surface area contributed by atoms with E-state index in [0.717, 1.165) is 22.8 Å². The molecule has 6 heteroatoms. The number of aromatic nitrogens is 2. The van der Waals surface area contributed by atoms with Gasteiger partial charge in [0.15, 0.2) is 0 Å². The smallest absolute Gasteiger partial charge is 0.253 e. The first-order valence-corrected chi connectivity index (χ1v) is 8.65. The van der Waals surface area contributed by atoms with Crippen LogP contribution in [0, 0.1) is 0 Å². The van der Waals surface area contributed by atoms with Crippen molar-refractivity contribution < 1.29 is 14.3 Å². The summed E-state index contributed by atoms with van der Waals surface area (Å²) in [5.41, 5.74) is 2.49. The number of ether oxygens (including phenoxy) is 2. The largest absolute Gasteiger partial charge is 0.497 e. The molecule has 0 aliphatic carbocycles. The number of nitrogens with zero attached hydrogens (tertiary/aromatic N) is 3. The van der Waals surface area contributed by atoms with Gasteiger partial charge in [-0.15, -0.1) is 0 Å². The van der Waals surface area contributed by atoms with Gasteiger partial charge in [-0.3, -0.25) is 9.48 Å². The quantitative estimate of drug-likeness (QED) is 0.645. The second kappa shape index (κ2) is 8.40. The molecule has 140 valence electrons. The summed E-state index contributed by atoms with van der Waals surface area (Å²) >= 11 is 0. The molecule has 2 aromatic carbocycles. The van der Waals surface area contributed by atoms with Crippen LogP contribution in [0.15, 0.2) is 60.8 Å². The first-order valence-electron chi connectivity index (χ1n) is 8.65. The van der Waals surface area contributed by atoms with Gasteiger partial charge in [0.05, 0.1) is 19.3 Å². The summed E-state index contributed by atoms with van der Waals surface area (Å²) in [4.78, 5) is 14.2. The number of benzene rings is 2. The van der Waals surface area contributed by atoms with Crippen molar-refractivity contribution in [1.29, 1.82) is 0 Å². The third-order valence-corrected chi connectivity index (χ3v) is 4.18. The van der Waals surface area contributed by atoms with E-state index in [1.807, 2.05) is 67.8 Å². The van der Waals surface area contributed by atoms with Crippen LogP contribution in [0.2, 0.25) is 0 Å². The van der Waals surface area contributed by atoms with Crippen LogP contribution in [0.5, 0.6) is 11.5 Å². The number of hydrogen-bond acceptors (Lipinski definition) is 4. The Morgan fingerprint density at radius 3 is 2.30 bits per heavy atom. The maximum absolute atomic E-state index is 12.6. The minimum Gasteiger partial charge on any atom is -0.497 e. The van der Waals surface area contributed by atoms with Gasteiger partial charge in [0.25, 0.3) is 5.91 Å². The lowest BCUT2D eigenvalue weighted by Crippen LogP contribution is -2.26. The Morgan fingerprint density at radius 1 is 1.04 bits per heavy atom. The summed E-state index contributed by atoms with van der Waals surface area (Å²) in [7, 11) is 5.27. The van der Waals surface area contributed by atoms with Gasteiger partial charge in [0.2, 0.25) is 0 Å². The van der Waals surface area contributed by atoms with Crippen LogP contribution >= 0.6 is 0 Å². The molecule has 0 aliphatic heterocycles. The van der Waals surface area contributed by atoms with E-state index in [0.29, 0.717) is 18.7 Å². The molecule has 0 N–H and O–H groups in total. The molecule has 6 nitrogen and oxygen atoms in total. The highest BCUT2D eigenvalue weighted by Crippen LogP contribution is 2.18. The third-order valence-electron chi connectivity index (χ3n) is 4.18. The Kier molecular flexibility index (Phi) is 5.76. The van der Waals surface area contributed by atoms with E-state index >= 15 is 0 Å². The van der Waals surface area contributed by atoms with Gasteiger partial charge >= 0.3 is 0 Å². The van der Waals surface area contributed by atoms with Crippen molar-refractivity contribution in [2.24, 2.45) is 7.05 Å². The van der Waals surface area contributed by atoms with Crippen molar-refractivity contribution in [3.63, 3.8) is 0 Å².